The molecule has 0 unspecified atom stereocenters. The van der Waals surface area contributed by atoms with E-state index in [0.29, 0.717) is 67.8 Å². The minimum atomic E-state index is -0.332. The summed E-state index contributed by atoms with van der Waals surface area (Å²) < 4.78 is 24.0. The van der Waals surface area contributed by atoms with Crippen molar-refractivity contribution in [2.75, 3.05) is 47.4 Å². The average Bonchev–Trinajstić information content (AvgIpc) is 3.44. The van der Waals surface area contributed by atoms with Crippen LogP contribution in [-0.4, -0.2) is 92.0 Å². The fourth-order valence-electron chi connectivity index (χ4n) is 5.30. The van der Waals surface area contributed by atoms with Crippen LogP contribution in [0.15, 0.2) is 59.0 Å². The number of rotatable bonds is 5. The van der Waals surface area contributed by atoms with E-state index in [2.05, 4.69) is 10.2 Å². The summed E-state index contributed by atoms with van der Waals surface area (Å²) in [6.45, 7) is 4.20. The second-order valence-electron chi connectivity index (χ2n) is 11.0. The van der Waals surface area contributed by atoms with Gasteiger partial charge in [-0.15, -0.1) is 0 Å². The Bertz CT molecular complexity index is 1470. The van der Waals surface area contributed by atoms with Crippen LogP contribution in [-0.2, 0) is 22.7 Å². The SMILES string of the molecule is CCOc1cc2cc(c1)C(=O)N(C)CC(=O)N[C@H]1CN(Cc3ccc(C(=O)N(C)C)o3)CC[C@H]1OCc1cccc(c1)O2. The van der Waals surface area contributed by atoms with Crippen molar-refractivity contribution in [1.29, 1.82) is 0 Å². The van der Waals surface area contributed by atoms with Crippen molar-refractivity contribution in [2.24, 2.45) is 0 Å². The summed E-state index contributed by atoms with van der Waals surface area (Å²) in [7, 11) is 4.95. The summed E-state index contributed by atoms with van der Waals surface area (Å²) in [6, 6.07) is 15.8. The molecule has 2 aliphatic heterocycles. The summed E-state index contributed by atoms with van der Waals surface area (Å²) >= 11 is 0. The molecule has 4 bridgehead atoms. The molecule has 0 aliphatic carbocycles. The first-order valence-corrected chi connectivity index (χ1v) is 14.4. The summed E-state index contributed by atoms with van der Waals surface area (Å²) in [5.41, 5.74) is 1.28. The van der Waals surface area contributed by atoms with Crippen LogP contribution in [0.2, 0.25) is 0 Å². The van der Waals surface area contributed by atoms with Crippen molar-refractivity contribution in [1.82, 2.24) is 20.0 Å². The highest BCUT2D eigenvalue weighted by Crippen LogP contribution is 2.29. The number of nitrogens with zero attached hydrogens (tertiary/aromatic N) is 3. The zero-order chi connectivity index (χ0) is 30.5. The van der Waals surface area contributed by atoms with Gasteiger partial charge >= 0.3 is 0 Å². The Kier molecular flexibility index (Phi) is 9.32. The third-order valence-electron chi connectivity index (χ3n) is 7.40. The molecule has 1 N–H and O–H groups in total. The number of piperidine rings is 1. The Morgan fingerprint density at radius 3 is 2.72 bits per heavy atom. The maximum atomic E-state index is 13.4. The van der Waals surface area contributed by atoms with E-state index < -0.39 is 0 Å². The largest absolute Gasteiger partial charge is 0.494 e. The molecule has 3 heterocycles. The van der Waals surface area contributed by atoms with Gasteiger partial charge in [0.1, 0.15) is 23.0 Å². The van der Waals surface area contributed by atoms with Crippen LogP contribution < -0.4 is 14.8 Å². The monoisotopic (exact) mass is 590 g/mol. The first-order chi connectivity index (χ1) is 20.7. The summed E-state index contributed by atoms with van der Waals surface area (Å²) in [5.74, 6) is 1.70. The molecule has 2 aromatic carbocycles. The van der Waals surface area contributed by atoms with E-state index in [9.17, 15) is 14.4 Å². The molecule has 3 aromatic rings. The molecule has 1 saturated heterocycles. The highest BCUT2D eigenvalue weighted by atomic mass is 16.5. The number of carbonyl (C=O) groups is 3. The molecule has 228 valence electrons. The van der Waals surface area contributed by atoms with Crippen LogP contribution in [0.4, 0.5) is 0 Å². The van der Waals surface area contributed by atoms with Crippen molar-refractivity contribution >= 4 is 17.7 Å². The molecular weight excluding hydrogens is 552 g/mol. The van der Waals surface area contributed by atoms with Gasteiger partial charge < -0.3 is 33.7 Å². The predicted octanol–water partition coefficient (Wildman–Crippen LogP) is 3.53. The second-order valence-corrected chi connectivity index (χ2v) is 11.0. The molecule has 2 aliphatic rings. The maximum Gasteiger partial charge on any atom is 0.289 e. The predicted molar refractivity (Wildman–Crippen MR) is 158 cm³/mol. The molecule has 1 fully saturated rings. The van der Waals surface area contributed by atoms with Gasteiger partial charge in [-0.05, 0) is 55.3 Å². The first-order valence-electron chi connectivity index (χ1n) is 14.4. The Labute approximate surface area is 251 Å². The zero-order valence-corrected chi connectivity index (χ0v) is 25.0. The first kappa shape index (κ1) is 30.1. The molecule has 11 nitrogen and oxygen atoms in total. The van der Waals surface area contributed by atoms with Crippen molar-refractivity contribution < 1.29 is 33.0 Å². The normalized spacial score (nSPS) is 19.7. The van der Waals surface area contributed by atoms with Crippen molar-refractivity contribution in [3.8, 4) is 17.2 Å². The number of likely N-dealkylation sites (N-methyl/N-ethyl adjacent to an activating group) is 1. The Hall–Kier alpha value is -4.35. The van der Waals surface area contributed by atoms with E-state index >= 15 is 0 Å². The molecule has 5 rings (SSSR count). The molecular formula is C32H38N4O7. The average molecular weight is 591 g/mol. The van der Waals surface area contributed by atoms with E-state index in [1.165, 1.54) is 9.80 Å². The van der Waals surface area contributed by atoms with Gasteiger partial charge in [0.25, 0.3) is 11.8 Å². The molecule has 0 spiro atoms. The summed E-state index contributed by atoms with van der Waals surface area (Å²) in [6.07, 6.45) is 0.424. The lowest BCUT2D eigenvalue weighted by Crippen LogP contribution is -2.57. The van der Waals surface area contributed by atoms with Crippen molar-refractivity contribution in [3.63, 3.8) is 0 Å². The number of amides is 3. The quantitative estimate of drug-likeness (QED) is 0.480. The minimum absolute atomic E-state index is 0.135. The fraction of sp³-hybridized carbons (Fsp3) is 0.406. The fourth-order valence-corrected chi connectivity index (χ4v) is 5.30. The Morgan fingerprint density at radius 2 is 1.93 bits per heavy atom. The van der Waals surface area contributed by atoms with Crippen molar-refractivity contribution in [2.45, 2.75) is 38.6 Å². The molecule has 0 saturated carbocycles. The lowest BCUT2D eigenvalue weighted by atomic mass is 10.0. The number of fused-ring (bicyclic) bond motifs is 5. The lowest BCUT2D eigenvalue weighted by Gasteiger charge is -2.38. The highest BCUT2D eigenvalue weighted by molar-refractivity contribution is 5.97. The molecule has 2 atom stereocenters. The maximum absolute atomic E-state index is 13.4. The van der Waals surface area contributed by atoms with Crippen LogP contribution in [0.3, 0.4) is 0 Å². The van der Waals surface area contributed by atoms with E-state index in [1.807, 2.05) is 31.2 Å². The van der Waals surface area contributed by atoms with E-state index in [0.717, 1.165) is 5.56 Å². The number of hydrogen-bond acceptors (Lipinski definition) is 8. The van der Waals surface area contributed by atoms with Crippen LogP contribution >= 0.6 is 0 Å². The van der Waals surface area contributed by atoms with Gasteiger partial charge in [0.05, 0.1) is 38.4 Å². The van der Waals surface area contributed by atoms with Gasteiger partial charge in [-0.3, -0.25) is 19.3 Å². The van der Waals surface area contributed by atoms with Crippen LogP contribution in [0.1, 0.15) is 45.6 Å². The van der Waals surface area contributed by atoms with Gasteiger partial charge in [0.2, 0.25) is 5.91 Å². The van der Waals surface area contributed by atoms with Crippen LogP contribution in [0, 0.1) is 0 Å². The lowest BCUT2D eigenvalue weighted by molar-refractivity contribution is -0.125. The second kappa shape index (κ2) is 13.3. The van der Waals surface area contributed by atoms with Gasteiger partial charge in [-0.25, -0.2) is 0 Å². The topological polar surface area (TPSA) is 114 Å². The van der Waals surface area contributed by atoms with E-state index in [-0.39, 0.29) is 42.2 Å². The number of furan rings is 1. The summed E-state index contributed by atoms with van der Waals surface area (Å²) in [5, 5.41) is 3.11. The zero-order valence-electron chi connectivity index (χ0n) is 25.0. The Balaban J connectivity index is 1.37. The molecule has 3 amide bonds. The third kappa shape index (κ3) is 7.54. The van der Waals surface area contributed by atoms with Gasteiger partial charge in [0.15, 0.2) is 5.76 Å². The van der Waals surface area contributed by atoms with Gasteiger partial charge in [-0.2, -0.15) is 0 Å². The number of nitrogens with one attached hydrogen (secondary N) is 1. The van der Waals surface area contributed by atoms with E-state index in [1.54, 1.807) is 51.5 Å². The minimum Gasteiger partial charge on any atom is -0.494 e. The van der Waals surface area contributed by atoms with Crippen molar-refractivity contribution in [3.05, 3.63) is 77.2 Å². The standard InChI is InChI=1S/C32H38N4O7/c1-5-40-25-14-22-15-26(16-25)42-23-8-6-7-21(13-23)20-41-28-11-12-36(17-24-9-10-29(43-24)32(39)34(2)3)18-27(28)33-30(37)19-35(4)31(22)38/h6-10,13-16,27-28H,5,11-12,17-20H2,1-4H3,(H,33,37)/t27-,28+/m0/s1. The molecule has 0 radical (unpaired) electrons. The third-order valence-corrected chi connectivity index (χ3v) is 7.40. The number of hydrogen-bond donors (Lipinski definition) is 1. The molecule has 11 heteroatoms. The smallest absolute Gasteiger partial charge is 0.289 e. The number of carbonyl (C=O) groups excluding carboxylic acids is 3. The molecule has 1 aromatic heterocycles. The number of likely N-dealkylation sites (tertiary alicyclic amines) is 1. The van der Waals surface area contributed by atoms with Gasteiger partial charge in [-0.1, -0.05) is 12.1 Å². The summed E-state index contributed by atoms with van der Waals surface area (Å²) in [4.78, 5) is 43.9. The Morgan fingerprint density at radius 1 is 1.09 bits per heavy atom. The number of benzene rings is 2. The van der Waals surface area contributed by atoms with Gasteiger partial charge in [0, 0.05) is 45.9 Å². The highest BCUT2D eigenvalue weighted by Gasteiger charge is 2.32. The van der Waals surface area contributed by atoms with Crippen LogP contribution in [0.5, 0.6) is 17.2 Å². The number of ether oxygens (including phenoxy) is 3. The van der Waals surface area contributed by atoms with Crippen LogP contribution in [0.25, 0.3) is 0 Å². The molecule has 43 heavy (non-hydrogen) atoms. The van der Waals surface area contributed by atoms with E-state index in [4.69, 9.17) is 18.6 Å².